The van der Waals surface area contributed by atoms with Gasteiger partial charge in [0.1, 0.15) is 0 Å². The molecule has 0 aromatic carbocycles. The standard InChI is InChI=1S/C26H39O9P/c1-5-6-22-34-21-12-18-17-8-7-15-11-16(27)9-10-24(15,2)23(17)19(28)13-25(18,3)26(21,35-22)20(29)14-33-36(4,30,31)32/h9-11,17-19,21-23,28,30-32H,5-8,12-14H2,1-4H3. The quantitative estimate of drug-likeness (QED) is 0.384. The van der Waals surface area contributed by atoms with E-state index in [0.29, 0.717) is 19.3 Å². The minimum absolute atomic E-state index is 0.000985. The van der Waals surface area contributed by atoms with Gasteiger partial charge < -0.3 is 0 Å². The first-order valence-corrected chi connectivity index (χ1v) is 15.5. The van der Waals surface area contributed by atoms with E-state index in [0.717, 1.165) is 31.5 Å². The van der Waals surface area contributed by atoms with Crippen LogP contribution in [0.1, 0.15) is 59.3 Å². The summed E-state index contributed by atoms with van der Waals surface area (Å²) in [6, 6.07) is 0. The van der Waals surface area contributed by atoms with Gasteiger partial charge in [-0.05, 0) is 0 Å². The van der Waals surface area contributed by atoms with Gasteiger partial charge in [-0.3, -0.25) is 4.79 Å². The van der Waals surface area contributed by atoms with Crippen molar-refractivity contribution < 1.29 is 43.4 Å². The number of aliphatic hydroxyl groups excluding tert-OH is 1. The topological polar surface area (TPSA) is 143 Å². The number of aliphatic hydroxyl groups is 1. The van der Waals surface area contributed by atoms with Crippen LogP contribution in [0.15, 0.2) is 23.8 Å². The second kappa shape index (κ2) is 8.23. The van der Waals surface area contributed by atoms with Crippen LogP contribution in [-0.2, 0) is 23.6 Å². The number of rotatable bonds is 6. The van der Waals surface area contributed by atoms with Crippen molar-refractivity contribution >= 4 is 19.1 Å². The van der Waals surface area contributed by atoms with E-state index in [1.807, 2.05) is 19.9 Å². The molecule has 0 spiro atoms. The molecule has 0 aromatic heterocycles. The Labute approximate surface area is 211 Å². The van der Waals surface area contributed by atoms with Crippen molar-refractivity contribution in [3.63, 3.8) is 0 Å². The summed E-state index contributed by atoms with van der Waals surface area (Å²) >= 11 is 0. The number of carbonyl (C=O) groups is 2. The Morgan fingerprint density at radius 2 is 2.00 bits per heavy atom. The zero-order valence-electron chi connectivity index (χ0n) is 21.4. The molecular weight excluding hydrogens is 487 g/mol. The van der Waals surface area contributed by atoms with Crippen LogP contribution in [0.2, 0.25) is 0 Å². The maximum atomic E-state index is 13.9. The molecule has 3 saturated carbocycles. The fourth-order valence-electron chi connectivity index (χ4n) is 8.32. The number of fused-ring (bicyclic) bond motifs is 7. The molecule has 10 heteroatoms. The molecule has 4 N–H and O–H groups in total. The number of ketones is 2. The molecule has 0 bridgehead atoms. The maximum absolute atomic E-state index is 13.9. The first-order valence-electron chi connectivity index (χ1n) is 13.0. The van der Waals surface area contributed by atoms with Gasteiger partial charge in [0.15, 0.2) is 0 Å². The molecule has 9 unspecified atom stereocenters. The third-order valence-electron chi connectivity index (χ3n) is 9.73. The number of hydrogen-bond donors (Lipinski definition) is 4. The van der Waals surface area contributed by atoms with Crippen LogP contribution in [-0.4, -0.2) is 68.7 Å². The first-order chi connectivity index (χ1) is 16.6. The fourth-order valence-corrected chi connectivity index (χ4v) is 8.74. The van der Waals surface area contributed by atoms with Crippen LogP contribution in [0.3, 0.4) is 0 Å². The predicted octanol–water partition coefficient (Wildman–Crippen LogP) is 2.56. The molecule has 1 heterocycles. The van der Waals surface area contributed by atoms with Gasteiger partial charge in [-0.1, -0.05) is 0 Å². The second-order valence-corrected chi connectivity index (χ2v) is 15.0. The van der Waals surface area contributed by atoms with Crippen molar-refractivity contribution in [2.75, 3.05) is 13.3 Å². The zero-order valence-corrected chi connectivity index (χ0v) is 22.3. The van der Waals surface area contributed by atoms with Crippen molar-refractivity contribution in [1.29, 1.82) is 0 Å². The summed E-state index contributed by atoms with van der Waals surface area (Å²) in [7, 11) is -5.37. The van der Waals surface area contributed by atoms with Crippen molar-refractivity contribution in [2.24, 2.45) is 28.6 Å². The van der Waals surface area contributed by atoms with Crippen LogP contribution >= 0.6 is 7.51 Å². The summed E-state index contributed by atoms with van der Waals surface area (Å²) in [5.41, 5.74) is -1.62. The summed E-state index contributed by atoms with van der Waals surface area (Å²) in [6.07, 6.45) is 7.11. The molecule has 202 valence electrons. The number of allylic oxidation sites excluding steroid dienone is 4. The minimum atomic E-state index is -5.37. The molecule has 0 radical (unpaired) electrons. The Hall–Kier alpha value is -1.03. The van der Waals surface area contributed by atoms with Gasteiger partial charge in [-0.15, -0.1) is 0 Å². The van der Waals surface area contributed by atoms with Gasteiger partial charge in [0.05, 0.1) is 0 Å². The normalized spacial score (nSPS) is 46.7. The zero-order chi connectivity index (χ0) is 26.3. The van der Waals surface area contributed by atoms with Crippen LogP contribution in [0.5, 0.6) is 0 Å². The molecular formula is C26H39O9P. The van der Waals surface area contributed by atoms with E-state index in [9.17, 15) is 29.4 Å². The van der Waals surface area contributed by atoms with Crippen molar-refractivity contribution in [2.45, 2.75) is 83.4 Å². The van der Waals surface area contributed by atoms with Crippen molar-refractivity contribution in [1.82, 2.24) is 0 Å². The fraction of sp³-hybridized carbons (Fsp3) is 0.769. The Bertz CT molecular complexity index is 1020. The van der Waals surface area contributed by atoms with E-state index in [1.54, 1.807) is 12.2 Å². The molecule has 36 heavy (non-hydrogen) atoms. The summed E-state index contributed by atoms with van der Waals surface area (Å²) in [4.78, 5) is 55.4. The molecule has 0 amide bonds. The summed E-state index contributed by atoms with van der Waals surface area (Å²) in [6.45, 7) is 6.09. The van der Waals surface area contributed by atoms with Gasteiger partial charge in [0.25, 0.3) is 0 Å². The molecule has 0 aromatic rings. The number of hydrogen-bond acceptors (Lipinski definition) is 9. The van der Waals surface area contributed by atoms with Crippen molar-refractivity contribution in [3.05, 3.63) is 23.8 Å². The molecule has 5 rings (SSSR count). The van der Waals surface area contributed by atoms with Crippen LogP contribution in [0.4, 0.5) is 0 Å². The van der Waals surface area contributed by atoms with E-state index < -0.39 is 54.8 Å². The number of Topliss-reactive ketones (excluding diaryl/α,β-unsaturated/α-hetero) is 1. The summed E-state index contributed by atoms with van der Waals surface area (Å²) < 4.78 is 17.7. The average Bonchev–Trinajstić information content (AvgIpc) is 3.24. The Morgan fingerprint density at radius 1 is 1.28 bits per heavy atom. The second-order valence-electron chi connectivity index (χ2n) is 12.1. The predicted molar refractivity (Wildman–Crippen MR) is 131 cm³/mol. The first kappa shape index (κ1) is 26.6. The molecule has 4 aliphatic carbocycles. The number of ether oxygens (including phenoxy) is 2. The molecule has 5 aliphatic rings. The third kappa shape index (κ3) is 3.90. The molecule has 1 saturated heterocycles. The summed E-state index contributed by atoms with van der Waals surface area (Å²) in [5.74, 6) is -0.573. The molecule has 9 atom stereocenters. The van der Waals surface area contributed by atoms with Crippen molar-refractivity contribution in [3.8, 4) is 0 Å². The number of carbonyl (C=O) groups excluding carboxylic acids is 2. The van der Waals surface area contributed by atoms with Crippen LogP contribution < -0.4 is 0 Å². The van der Waals surface area contributed by atoms with Crippen LogP contribution in [0, 0.1) is 28.6 Å². The third-order valence-corrected chi connectivity index (χ3v) is 10.5. The Morgan fingerprint density at radius 3 is 2.67 bits per heavy atom. The molecule has 1 aliphatic heterocycles. The van der Waals surface area contributed by atoms with E-state index in [2.05, 4.69) is 6.92 Å². The van der Waals surface area contributed by atoms with Crippen LogP contribution in [0.25, 0.3) is 0 Å². The van der Waals surface area contributed by atoms with Gasteiger partial charge in [-0.25, -0.2) is 0 Å². The van der Waals surface area contributed by atoms with E-state index in [4.69, 9.17) is 14.0 Å². The summed E-state index contributed by atoms with van der Waals surface area (Å²) in [5, 5.41) is 11.7. The van der Waals surface area contributed by atoms with E-state index in [1.165, 1.54) is 0 Å². The van der Waals surface area contributed by atoms with Gasteiger partial charge >= 0.3 is 207 Å². The molecule has 9 nitrogen and oxygen atoms in total. The molecule has 4 fully saturated rings. The average molecular weight is 527 g/mol. The Kier molecular flexibility index (Phi) is 6.08. The van der Waals surface area contributed by atoms with Gasteiger partial charge in [-0.2, -0.15) is 0 Å². The Balaban J connectivity index is 1.52. The monoisotopic (exact) mass is 526 g/mol. The van der Waals surface area contributed by atoms with E-state index >= 15 is 0 Å². The van der Waals surface area contributed by atoms with E-state index in [-0.39, 0.29) is 23.5 Å². The van der Waals surface area contributed by atoms with Gasteiger partial charge in [0, 0.05) is 0 Å². The SMILES string of the molecule is CCCC1OC2CC3C4CCC5=CC(=O)C=CC5(C)C4C(O)CC3(C)C2(C(=O)COP(C)(O)(O)O)O1. The van der Waals surface area contributed by atoms with Gasteiger partial charge in [0.2, 0.25) is 0 Å².